The smallest absolute Gasteiger partial charge is 0.462 e. The van der Waals surface area contributed by atoms with Crippen molar-refractivity contribution in [1.29, 1.82) is 0 Å². The Morgan fingerprint density at radius 3 is 0.624 bits per heavy atom. The number of esters is 4. The summed E-state index contributed by atoms with van der Waals surface area (Å²) in [6.45, 7) is 7.42. The van der Waals surface area contributed by atoms with Gasteiger partial charge in [0.05, 0.1) is 26.4 Å². The molecule has 0 bridgehead atoms. The van der Waals surface area contributed by atoms with E-state index in [4.69, 9.17) is 37.0 Å². The lowest BCUT2D eigenvalue weighted by molar-refractivity contribution is -0.161. The summed E-state index contributed by atoms with van der Waals surface area (Å²) in [6.07, 6.45) is 77.8. The Morgan fingerprint density at radius 2 is 0.422 bits per heavy atom. The van der Waals surface area contributed by atoms with Crippen LogP contribution in [0.1, 0.15) is 490 Å². The van der Waals surface area contributed by atoms with Crippen molar-refractivity contribution in [3.8, 4) is 0 Å². The van der Waals surface area contributed by atoms with Crippen LogP contribution in [-0.2, 0) is 65.4 Å². The van der Waals surface area contributed by atoms with Crippen LogP contribution in [-0.4, -0.2) is 96.7 Å². The standard InChI is InChI=1S/C90H176O17P2/c1-6-9-12-15-18-21-24-26-28-30-32-34-36-42-46-51-56-61-66-71-76-90(95)107-86(80-101-88(93)74-69-64-59-54-49-44-40-38-37-39-43-48-52-57-62-67-72-83(4)5)82-105-109(98,99)103-78-84(91)77-102-108(96,97)104-81-85(79-100-87(92)73-68-63-58-53-47-23-20-17-14-11-8-3)106-89(94)75-70-65-60-55-50-45-41-35-33-31-29-27-25-22-19-16-13-10-7-2/h83-86,91H,6-82H2,1-5H3,(H,96,97)(H,98,99)/t84-,85+,86+/m0/s1. The molecule has 0 rings (SSSR count). The maximum atomic E-state index is 13.2. The summed E-state index contributed by atoms with van der Waals surface area (Å²) in [7, 11) is -9.93. The third-order valence-corrected chi connectivity index (χ3v) is 23.2. The fraction of sp³-hybridized carbons (Fsp3) is 0.956. The molecule has 0 aromatic rings. The Kier molecular flexibility index (Phi) is 81.1. The van der Waals surface area contributed by atoms with Crippen molar-refractivity contribution >= 4 is 39.5 Å². The van der Waals surface area contributed by atoms with Crippen molar-refractivity contribution in [2.75, 3.05) is 39.6 Å². The molecule has 0 radical (unpaired) electrons. The number of hydrogen-bond donors (Lipinski definition) is 3. The Balaban J connectivity index is 5.23. The van der Waals surface area contributed by atoms with E-state index in [1.54, 1.807) is 0 Å². The Hall–Kier alpha value is -1.94. The van der Waals surface area contributed by atoms with Crippen LogP contribution in [0.25, 0.3) is 0 Å². The molecule has 19 heteroatoms. The molecule has 0 heterocycles. The molecule has 0 aliphatic rings. The molecule has 0 aromatic heterocycles. The SMILES string of the molecule is CCCCCCCCCCCCCCCCCCCCCCC(=O)O[C@H](COC(=O)CCCCCCCCCCCCCCCCCCC(C)C)COP(=O)(O)OC[C@@H](O)COP(=O)(O)OC[C@@H](COC(=O)CCCCCCCCCCCCC)OC(=O)CCCCCCCCCCCCCCCCCCCCC. The number of unbranched alkanes of at least 4 members (excludes halogenated alkanes) is 62. The average molecular weight is 1590 g/mol. The lowest BCUT2D eigenvalue weighted by atomic mass is 10.0. The van der Waals surface area contributed by atoms with E-state index in [0.29, 0.717) is 25.7 Å². The van der Waals surface area contributed by atoms with Gasteiger partial charge in [0.25, 0.3) is 0 Å². The van der Waals surface area contributed by atoms with Gasteiger partial charge in [0.1, 0.15) is 19.3 Å². The van der Waals surface area contributed by atoms with Gasteiger partial charge >= 0.3 is 39.5 Å². The van der Waals surface area contributed by atoms with E-state index < -0.39 is 97.5 Å². The predicted octanol–water partition coefficient (Wildman–Crippen LogP) is 27.9. The number of carbonyl (C=O) groups is 4. The minimum atomic E-state index is -4.97. The average Bonchev–Trinajstić information content (AvgIpc) is 0.899. The van der Waals surface area contributed by atoms with E-state index in [0.717, 1.165) is 95.8 Å². The predicted molar refractivity (Wildman–Crippen MR) is 451 cm³/mol. The molecule has 0 amide bonds. The molecule has 0 aromatic carbocycles. The Labute approximate surface area is 670 Å². The first-order chi connectivity index (χ1) is 53.0. The second-order valence-corrected chi connectivity index (χ2v) is 35.7. The quantitative estimate of drug-likeness (QED) is 0.0222. The van der Waals surface area contributed by atoms with Crippen LogP contribution in [0.5, 0.6) is 0 Å². The molecule has 5 atom stereocenters. The summed E-state index contributed by atoms with van der Waals surface area (Å²) in [5, 5.41) is 10.7. The van der Waals surface area contributed by atoms with Crippen molar-refractivity contribution in [3.63, 3.8) is 0 Å². The summed E-state index contributed by atoms with van der Waals surface area (Å²) in [5.74, 6) is -1.28. The number of carbonyl (C=O) groups excluding carboxylic acids is 4. The van der Waals surface area contributed by atoms with Crippen LogP contribution in [0.2, 0.25) is 0 Å². The van der Waals surface area contributed by atoms with Crippen LogP contribution in [0.15, 0.2) is 0 Å². The second kappa shape index (κ2) is 82.6. The van der Waals surface area contributed by atoms with Gasteiger partial charge in [0.2, 0.25) is 0 Å². The second-order valence-electron chi connectivity index (χ2n) is 32.8. The third-order valence-electron chi connectivity index (χ3n) is 21.3. The summed E-state index contributed by atoms with van der Waals surface area (Å²) in [4.78, 5) is 73.4. The summed E-state index contributed by atoms with van der Waals surface area (Å²) in [5.41, 5.74) is 0. The fourth-order valence-corrected chi connectivity index (χ4v) is 15.8. The van der Waals surface area contributed by atoms with Gasteiger partial charge in [-0.25, -0.2) is 9.13 Å². The highest BCUT2D eigenvalue weighted by molar-refractivity contribution is 7.47. The maximum Gasteiger partial charge on any atom is 0.472 e. The first kappa shape index (κ1) is 107. The fourth-order valence-electron chi connectivity index (χ4n) is 14.2. The van der Waals surface area contributed by atoms with Crippen LogP contribution in [0.3, 0.4) is 0 Å². The van der Waals surface area contributed by atoms with Crippen LogP contribution in [0.4, 0.5) is 0 Å². The molecular weight excluding hydrogens is 1410 g/mol. The van der Waals surface area contributed by atoms with Gasteiger partial charge in [-0.2, -0.15) is 0 Å². The molecule has 2 unspecified atom stereocenters. The molecule has 109 heavy (non-hydrogen) atoms. The van der Waals surface area contributed by atoms with Crippen molar-refractivity contribution in [1.82, 2.24) is 0 Å². The number of phosphoric acid groups is 2. The molecule has 0 saturated heterocycles. The summed E-state index contributed by atoms with van der Waals surface area (Å²) < 4.78 is 69.0. The van der Waals surface area contributed by atoms with E-state index in [-0.39, 0.29) is 25.7 Å². The molecule has 17 nitrogen and oxygen atoms in total. The first-order valence-electron chi connectivity index (χ1n) is 46.6. The lowest BCUT2D eigenvalue weighted by Crippen LogP contribution is -2.30. The first-order valence-corrected chi connectivity index (χ1v) is 49.6. The molecule has 0 fully saturated rings. The van der Waals surface area contributed by atoms with Crippen LogP contribution >= 0.6 is 15.6 Å². The number of aliphatic hydroxyl groups excluding tert-OH is 1. The van der Waals surface area contributed by atoms with E-state index in [9.17, 15) is 43.2 Å². The summed E-state index contributed by atoms with van der Waals surface area (Å²) >= 11 is 0. The minimum absolute atomic E-state index is 0.109. The van der Waals surface area contributed by atoms with Crippen molar-refractivity contribution < 1.29 is 80.2 Å². The Bertz CT molecular complexity index is 2070. The number of hydrogen-bond acceptors (Lipinski definition) is 15. The van der Waals surface area contributed by atoms with Crippen LogP contribution < -0.4 is 0 Å². The highest BCUT2D eigenvalue weighted by atomic mass is 31.2. The number of ether oxygens (including phenoxy) is 4. The minimum Gasteiger partial charge on any atom is -0.462 e. The van der Waals surface area contributed by atoms with Gasteiger partial charge in [-0.15, -0.1) is 0 Å². The van der Waals surface area contributed by atoms with Gasteiger partial charge in [-0.1, -0.05) is 439 Å². The zero-order valence-corrected chi connectivity index (χ0v) is 73.5. The molecule has 0 aliphatic carbocycles. The van der Waals surface area contributed by atoms with Gasteiger partial charge < -0.3 is 33.8 Å². The number of phosphoric ester groups is 2. The topological polar surface area (TPSA) is 237 Å². The van der Waals surface area contributed by atoms with Gasteiger partial charge in [0.15, 0.2) is 12.2 Å². The Morgan fingerprint density at radius 1 is 0.248 bits per heavy atom. The number of rotatable bonds is 90. The normalized spacial score (nSPS) is 13.7. The maximum absolute atomic E-state index is 13.2. The van der Waals surface area contributed by atoms with Gasteiger partial charge in [-0.05, 0) is 31.6 Å². The van der Waals surface area contributed by atoms with E-state index >= 15 is 0 Å². The lowest BCUT2D eigenvalue weighted by Gasteiger charge is -2.21. The van der Waals surface area contributed by atoms with E-state index in [2.05, 4.69) is 34.6 Å². The highest BCUT2D eigenvalue weighted by Gasteiger charge is 2.31. The molecule has 3 N–H and O–H groups in total. The monoisotopic (exact) mass is 1590 g/mol. The zero-order valence-electron chi connectivity index (χ0n) is 71.7. The van der Waals surface area contributed by atoms with Gasteiger partial charge in [0, 0.05) is 25.7 Å². The molecule has 648 valence electrons. The highest BCUT2D eigenvalue weighted by Crippen LogP contribution is 2.45. The van der Waals surface area contributed by atoms with Gasteiger partial charge in [-0.3, -0.25) is 37.3 Å². The molecule has 0 aliphatic heterocycles. The van der Waals surface area contributed by atoms with Crippen molar-refractivity contribution in [3.05, 3.63) is 0 Å². The third kappa shape index (κ3) is 83.8. The molecule has 0 spiro atoms. The summed E-state index contributed by atoms with van der Waals surface area (Å²) in [6, 6.07) is 0. The molecular formula is C90H176O17P2. The molecule has 0 saturated carbocycles. The number of aliphatic hydroxyl groups is 1. The van der Waals surface area contributed by atoms with E-state index in [1.807, 2.05) is 0 Å². The van der Waals surface area contributed by atoms with Crippen molar-refractivity contribution in [2.24, 2.45) is 5.92 Å². The largest absolute Gasteiger partial charge is 0.472 e. The zero-order chi connectivity index (χ0) is 79.7. The van der Waals surface area contributed by atoms with E-state index in [1.165, 1.54) is 315 Å². The van der Waals surface area contributed by atoms with Crippen LogP contribution in [0, 0.1) is 5.92 Å². The van der Waals surface area contributed by atoms with Crippen molar-refractivity contribution in [2.45, 2.75) is 509 Å².